The lowest BCUT2D eigenvalue weighted by molar-refractivity contribution is 1.48. The summed E-state index contributed by atoms with van der Waals surface area (Å²) >= 11 is 1.83. The molecule has 0 saturated carbocycles. The van der Waals surface area contributed by atoms with Gasteiger partial charge in [-0.1, -0.05) is 116 Å². The molecule has 7 aromatic rings. The predicted molar refractivity (Wildman–Crippen MR) is 191 cm³/mol. The minimum Gasteiger partial charge on any atom is -0.398 e. The summed E-state index contributed by atoms with van der Waals surface area (Å²) in [4.78, 5) is 5.08. The van der Waals surface area contributed by atoms with Gasteiger partial charge in [-0.2, -0.15) is 0 Å². The molecule has 0 atom stereocenters. The molecule has 0 fully saturated rings. The van der Waals surface area contributed by atoms with Gasteiger partial charge in [0.15, 0.2) is 0 Å². The Bertz CT molecular complexity index is 2490. The molecule has 6 aromatic carbocycles. The SMILES string of the molecule is C=C(N=C1C=CC=C/C1=C(/N)c1ccc2c3c(cccc13)-c1ccccc1-2)c1ccc2sc3ccc4ccccc4c3c2c1. The van der Waals surface area contributed by atoms with Gasteiger partial charge in [0, 0.05) is 42.6 Å². The topological polar surface area (TPSA) is 38.4 Å². The molecule has 2 aliphatic carbocycles. The molecule has 2 aliphatic rings. The zero-order chi connectivity index (χ0) is 29.4. The molecular formula is C41H26N2S. The molecule has 0 bridgehead atoms. The molecule has 1 aromatic heterocycles. The fourth-order valence-corrected chi connectivity index (χ4v) is 8.03. The normalized spacial score (nSPS) is 15.6. The summed E-state index contributed by atoms with van der Waals surface area (Å²) in [5, 5.41) is 7.48. The largest absolute Gasteiger partial charge is 0.398 e. The molecule has 0 spiro atoms. The fraction of sp³-hybridized carbons (Fsp3) is 0. The number of hydrogen-bond donors (Lipinski definition) is 1. The lowest BCUT2D eigenvalue weighted by Crippen LogP contribution is -2.10. The summed E-state index contributed by atoms with van der Waals surface area (Å²) in [6.45, 7) is 4.42. The van der Waals surface area contributed by atoms with Crippen molar-refractivity contribution in [1.29, 1.82) is 0 Å². The molecule has 206 valence electrons. The van der Waals surface area contributed by atoms with Gasteiger partial charge in [-0.15, -0.1) is 11.3 Å². The summed E-state index contributed by atoms with van der Waals surface area (Å²) in [7, 11) is 0. The van der Waals surface area contributed by atoms with Crippen LogP contribution >= 0.6 is 11.3 Å². The van der Waals surface area contributed by atoms with Gasteiger partial charge in [-0.3, -0.25) is 0 Å². The minimum atomic E-state index is 0.711. The number of aliphatic imine (C=N–C) groups is 1. The van der Waals surface area contributed by atoms with Crippen LogP contribution in [0.15, 0.2) is 151 Å². The average Bonchev–Trinajstić information content (AvgIpc) is 3.61. The van der Waals surface area contributed by atoms with E-state index in [0.717, 1.165) is 27.8 Å². The number of nitrogens with two attached hydrogens (primary N) is 1. The summed E-state index contributed by atoms with van der Waals surface area (Å²) < 4.78 is 2.56. The molecule has 0 aliphatic heterocycles. The third-order valence-electron chi connectivity index (χ3n) is 8.98. The molecule has 2 nitrogen and oxygen atoms in total. The van der Waals surface area contributed by atoms with Gasteiger partial charge < -0.3 is 5.73 Å². The van der Waals surface area contributed by atoms with Gasteiger partial charge in [0.1, 0.15) is 0 Å². The van der Waals surface area contributed by atoms with Crippen molar-refractivity contribution in [1.82, 2.24) is 0 Å². The van der Waals surface area contributed by atoms with Gasteiger partial charge in [0.25, 0.3) is 0 Å². The third kappa shape index (κ3) is 3.63. The summed E-state index contributed by atoms with van der Waals surface area (Å²) in [5.41, 5.74) is 17.3. The second-order valence-corrected chi connectivity index (χ2v) is 12.5. The van der Waals surface area contributed by atoms with E-state index < -0.39 is 0 Å². The standard InChI is InChI=1S/C41H26N2S/c1-24(26-18-21-37-35(23-26)40-27-10-3-2-9-25(27)17-22-38(40)44-37)43-36-16-7-6-13-34(36)41(42)33-20-19-32-29-12-5-4-11-28(29)30-14-8-15-31(33)39(30)32/h2-23H,1,42H2/b41-34-,43-36?. The first-order chi connectivity index (χ1) is 21.7. The van der Waals surface area contributed by atoms with Crippen LogP contribution in [0.25, 0.3) is 75.4 Å². The van der Waals surface area contributed by atoms with E-state index in [2.05, 4.69) is 122 Å². The maximum atomic E-state index is 7.03. The minimum absolute atomic E-state index is 0.711. The summed E-state index contributed by atoms with van der Waals surface area (Å²) in [6, 6.07) is 39.1. The number of benzene rings is 6. The van der Waals surface area contributed by atoms with Crippen molar-refractivity contribution >= 4 is 70.2 Å². The van der Waals surface area contributed by atoms with Crippen molar-refractivity contribution in [2.75, 3.05) is 0 Å². The van der Waals surface area contributed by atoms with E-state index in [4.69, 9.17) is 10.7 Å². The van der Waals surface area contributed by atoms with Gasteiger partial charge in [-0.05, 0) is 68.1 Å². The van der Waals surface area contributed by atoms with Crippen LogP contribution < -0.4 is 5.73 Å². The second kappa shape index (κ2) is 9.50. The first-order valence-electron chi connectivity index (χ1n) is 14.8. The summed E-state index contributed by atoms with van der Waals surface area (Å²) in [5.74, 6) is 0. The second-order valence-electron chi connectivity index (χ2n) is 11.4. The Kier molecular flexibility index (Phi) is 5.40. The lowest BCUT2D eigenvalue weighted by Gasteiger charge is -2.15. The van der Waals surface area contributed by atoms with Crippen LogP contribution in [-0.2, 0) is 0 Å². The molecule has 44 heavy (non-hydrogen) atoms. The monoisotopic (exact) mass is 578 g/mol. The lowest BCUT2D eigenvalue weighted by atomic mass is 9.93. The number of thiophene rings is 1. The van der Waals surface area contributed by atoms with E-state index in [1.165, 1.54) is 58.6 Å². The summed E-state index contributed by atoms with van der Waals surface area (Å²) in [6.07, 6.45) is 8.11. The number of fused-ring (bicyclic) bond motifs is 8. The van der Waals surface area contributed by atoms with Crippen molar-refractivity contribution < 1.29 is 0 Å². The van der Waals surface area contributed by atoms with Crippen molar-refractivity contribution in [2.24, 2.45) is 10.7 Å². The highest BCUT2D eigenvalue weighted by Crippen LogP contribution is 2.48. The Morgan fingerprint density at radius 2 is 1.34 bits per heavy atom. The molecule has 0 radical (unpaired) electrons. The molecule has 3 heteroatoms. The van der Waals surface area contributed by atoms with Crippen LogP contribution in [0.2, 0.25) is 0 Å². The van der Waals surface area contributed by atoms with E-state index in [1.54, 1.807) is 0 Å². The predicted octanol–water partition coefficient (Wildman–Crippen LogP) is 10.9. The van der Waals surface area contributed by atoms with E-state index in [-0.39, 0.29) is 0 Å². The van der Waals surface area contributed by atoms with Crippen LogP contribution in [0.1, 0.15) is 11.1 Å². The van der Waals surface area contributed by atoms with Crippen molar-refractivity contribution in [2.45, 2.75) is 0 Å². The molecule has 2 N–H and O–H groups in total. The molecular weight excluding hydrogens is 553 g/mol. The zero-order valence-electron chi connectivity index (χ0n) is 23.8. The van der Waals surface area contributed by atoms with Crippen molar-refractivity contribution in [3.05, 3.63) is 157 Å². The first kappa shape index (κ1) is 25.0. The molecule has 9 rings (SSSR count). The van der Waals surface area contributed by atoms with Crippen LogP contribution in [0.4, 0.5) is 0 Å². The first-order valence-corrected chi connectivity index (χ1v) is 15.6. The highest BCUT2D eigenvalue weighted by atomic mass is 32.1. The smallest absolute Gasteiger partial charge is 0.0730 e. The van der Waals surface area contributed by atoms with Crippen LogP contribution in [0, 0.1) is 0 Å². The van der Waals surface area contributed by atoms with Gasteiger partial charge in [-0.25, -0.2) is 4.99 Å². The number of rotatable bonds is 3. The third-order valence-corrected chi connectivity index (χ3v) is 10.1. The number of hydrogen-bond acceptors (Lipinski definition) is 3. The number of allylic oxidation sites excluding steroid dienone is 5. The van der Waals surface area contributed by atoms with Gasteiger partial charge >= 0.3 is 0 Å². The maximum Gasteiger partial charge on any atom is 0.0730 e. The van der Waals surface area contributed by atoms with E-state index in [9.17, 15) is 0 Å². The van der Waals surface area contributed by atoms with Gasteiger partial charge in [0.2, 0.25) is 0 Å². The van der Waals surface area contributed by atoms with Gasteiger partial charge in [0.05, 0.1) is 11.4 Å². The zero-order valence-corrected chi connectivity index (χ0v) is 24.7. The Hall–Kier alpha value is -5.51. The molecule has 0 unspecified atom stereocenters. The molecule has 1 heterocycles. The van der Waals surface area contributed by atoms with E-state index >= 15 is 0 Å². The highest BCUT2D eigenvalue weighted by Gasteiger charge is 2.23. The van der Waals surface area contributed by atoms with Crippen molar-refractivity contribution in [3.8, 4) is 22.3 Å². The Balaban J connectivity index is 1.16. The Labute approximate surface area is 259 Å². The Morgan fingerprint density at radius 3 is 2.23 bits per heavy atom. The fourth-order valence-electron chi connectivity index (χ4n) is 6.92. The van der Waals surface area contributed by atoms with E-state index in [1.807, 2.05) is 29.6 Å². The highest BCUT2D eigenvalue weighted by molar-refractivity contribution is 7.26. The van der Waals surface area contributed by atoms with Crippen molar-refractivity contribution in [3.63, 3.8) is 0 Å². The Morgan fingerprint density at radius 1 is 0.614 bits per heavy atom. The van der Waals surface area contributed by atoms with Crippen LogP contribution in [-0.4, -0.2) is 5.71 Å². The molecule has 0 amide bonds. The van der Waals surface area contributed by atoms with E-state index in [0.29, 0.717) is 11.4 Å². The quantitative estimate of drug-likeness (QED) is 0.222. The van der Waals surface area contributed by atoms with Crippen LogP contribution in [0.3, 0.4) is 0 Å². The number of nitrogens with zero attached hydrogens (tertiary/aromatic N) is 1. The average molecular weight is 579 g/mol. The molecule has 0 saturated heterocycles. The van der Waals surface area contributed by atoms with Crippen LogP contribution in [0.5, 0.6) is 0 Å². The maximum absolute atomic E-state index is 7.03.